The Bertz CT molecular complexity index is 657. The molecule has 1 heteroatoms. The predicted molar refractivity (Wildman–Crippen MR) is 77.9 cm³/mol. The summed E-state index contributed by atoms with van der Waals surface area (Å²) in [5.41, 5.74) is 2.35. The summed E-state index contributed by atoms with van der Waals surface area (Å²) in [6.07, 6.45) is 8.00. The van der Waals surface area contributed by atoms with Crippen molar-refractivity contribution in [3.8, 4) is 0 Å². The second-order valence-corrected chi connectivity index (χ2v) is 4.20. The van der Waals surface area contributed by atoms with E-state index in [1.54, 1.807) is 6.08 Å². The summed E-state index contributed by atoms with van der Waals surface area (Å²) in [5, 5.41) is 2.31. The molecule has 18 heavy (non-hydrogen) atoms. The SMILES string of the molecule is C=CC1=c2c(ccc/c2=C/C)C(/C=C\C)=C(C)O1. The van der Waals surface area contributed by atoms with E-state index >= 15 is 0 Å². The first-order chi connectivity index (χ1) is 8.72. The smallest absolute Gasteiger partial charge is 0.134 e. The molecule has 0 saturated heterocycles. The van der Waals surface area contributed by atoms with E-state index in [1.165, 1.54) is 10.8 Å². The Balaban J connectivity index is 2.93. The van der Waals surface area contributed by atoms with Crippen molar-refractivity contribution in [3.63, 3.8) is 0 Å². The second kappa shape index (κ2) is 5.09. The highest BCUT2D eigenvalue weighted by molar-refractivity contribution is 5.80. The molecular formula is C17H18O. The summed E-state index contributed by atoms with van der Waals surface area (Å²) in [6, 6.07) is 6.31. The van der Waals surface area contributed by atoms with E-state index in [0.29, 0.717) is 0 Å². The van der Waals surface area contributed by atoms with Crippen LogP contribution < -0.4 is 10.4 Å². The first kappa shape index (κ1) is 12.4. The Labute approximate surface area is 108 Å². The van der Waals surface area contributed by atoms with Crippen LogP contribution in [0.25, 0.3) is 17.4 Å². The molecule has 0 aliphatic carbocycles. The van der Waals surface area contributed by atoms with E-state index in [-0.39, 0.29) is 0 Å². The molecule has 1 heterocycles. The molecule has 92 valence electrons. The molecule has 2 rings (SSSR count). The highest BCUT2D eigenvalue weighted by Crippen LogP contribution is 2.24. The highest BCUT2D eigenvalue weighted by Gasteiger charge is 2.15. The third kappa shape index (κ3) is 1.92. The van der Waals surface area contributed by atoms with Gasteiger partial charge in [-0.2, -0.15) is 0 Å². The molecule has 0 fully saturated rings. The van der Waals surface area contributed by atoms with Crippen LogP contribution in [0.2, 0.25) is 0 Å². The van der Waals surface area contributed by atoms with Gasteiger partial charge in [0.25, 0.3) is 0 Å². The lowest BCUT2D eigenvalue weighted by molar-refractivity contribution is 0.384. The van der Waals surface area contributed by atoms with Crippen molar-refractivity contribution in [2.75, 3.05) is 0 Å². The number of allylic oxidation sites excluding steroid dienone is 4. The van der Waals surface area contributed by atoms with Gasteiger partial charge in [0.15, 0.2) is 0 Å². The lowest BCUT2D eigenvalue weighted by atomic mass is 9.97. The van der Waals surface area contributed by atoms with Gasteiger partial charge in [-0.3, -0.25) is 0 Å². The summed E-state index contributed by atoms with van der Waals surface area (Å²) in [7, 11) is 0. The first-order valence-electron chi connectivity index (χ1n) is 6.16. The van der Waals surface area contributed by atoms with Gasteiger partial charge >= 0.3 is 0 Å². The van der Waals surface area contributed by atoms with Crippen LogP contribution in [0.5, 0.6) is 0 Å². The van der Waals surface area contributed by atoms with Crippen molar-refractivity contribution in [2.24, 2.45) is 0 Å². The summed E-state index contributed by atoms with van der Waals surface area (Å²) < 4.78 is 5.88. The van der Waals surface area contributed by atoms with E-state index < -0.39 is 0 Å². The molecule has 0 aromatic heterocycles. The summed E-state index contributed by atoms with van der Waals surface area (Å²) in [4.78, 5) is 0. The van der Waals surface area contributed by atoms with Gasteiger partial charge in [-0.05, 0) is 37.6 Å². The fourth-order valence-electron chi connectivity index (χ4n) is 2.29. The molecule has 0 spiro atoms. The first-order valence-corrected chi connectivity index (χ1v) is 6.16. The van der Waals surface area contributed by atoms with Crippen molar-refractivity contribution in [3.05, 3.63) is 64.8 Å². The number of ether oxygens (including phenoxy) is 1. The Morgan fingerprint density at radius 3 is 2.61 bits per heavy atom. The van der Waals surface area contributed by atoms with Crippen LogP contribution in [0.15, 0.2) is 48.8 Å². The van der Waals surface area contributed by atoms with Gasteiger partial charge in [-0.1, -0.05) is 43.0 Å². The van der Waals surface area contributed by atoms with Crippen LogP contribution in [0, 0.1) is 0 Å². The van der Waals surface area contributed by atoms with Crippen LogP contribution >= 0.6 is 0 Å². The Morgan fingerprint density at radius 2 is 2.00 bits per heavy atom. The summed E-state index contributed by atoms with van der Waals surface area (Å²) in [5.74, 6) is 1.76. The third-order valence-electron chi connectivity index (χ3n) is 3.11. The van der Waals surface area contributed by atoms with Crippen LogP contribution in [0.1, 0.15) is 26.3 Å². The molecule has 0 radical (unpaired) electrons. The number of fused-ring (bicyclic) bond motifs is 1. The lowest BCUT2D eigenvalue weighted by Crippen LogP contribution is -2.32. The van der Waals surface area contributed by atoms with E-state index in [1.807, 2.05) is 26.8 Å². The monoisotopic (exact) mass is 238 g/mol. The van der Waals surface area contributed by atoms with E-state index in [9.17, 15) is 0 Å². The van der Waals surface area contributed by atoms with Gasteiger partial charge in [0, 0.05) is 10.8 Å². The van der Waals surface area contributed by atoms with Gasteiger partial charge in [-0.15, -0.1) is 0 Å². The van der Waals surface area contributed by atoms with Crippen molar-refractivity contribution in [2.45, 2.75) is 20.8 Å². The van der Waals surface area contributed by atoms with Crippen molar-refractivity contribution in [1.29, 1.82) is 0 Å². The fourth-order valence-corrected chi connectivity index (χ4v) is 2.29. The lowest BCUT2D eigenvalue weighted by Gasteiger charge is -2.19. The molecule has 1 aliphatic rings. The minimum Gasteiger partial charge on any atom is -0.461 e. The van der Waals surface area contributed by atoms with E-state index in [4.69, 9.17) is 4.74 Å². The van der Waals surface area contributed by atoms with Gasteiger partial charge < -0.3 is 4.74 Å². The minimum atomic E-state index is 0.837. The molecule has 1 aromatic carbocycles. The molecule has 0 saturated carbocycles. The molecule has 0 atom stereocenters. The second-order valence-electron chi connectivity index (χ2n) is 4.20. The molecule has 1 aromatic rings. The highest BCUT2D eigenvalue weighted by atomic mass is 16.5. The number of rotatable bonds is 2. The molecule has 1 aliphatic heterocycles. The quantitative estimate of drug-likeness (QED) is 0.769. The fraction of sp³-hybridized carbons (Fsp3) is 0.176. The van der Waals surface area contributed by atoms with Crippen LogP contribution in [0.3, 0.4) is 0 Å². The van der Waals surface area contributed by atoms with Crippen molar-refractivity contribution in [1.82, 2.24) is 0 Å². The van der Waals surface area contributed by atoms with Crippen molar-refractivity contribution >= 4 is 17.4 Å². The zero-order valence-electron chi connectivity index (χ0n) is 11.2. The van der Waals surface area contributed by atoms with Gasteiger partial charge in [0.2, 0.25) is 0 Å². The Hall–Kier alpha value is -2.02. The van der Waals surface area contributed by atoms with Crippen LogP contribution in [0.4, 0.5) is 0 Å². The number of hydrogen-bond donors (Lipinski definition) is 0. The maximum Gasteiger partial charge on any atom is 0.134 e. The van der Waals surface area contributed by atoms with Crippen molar-refractivity contribution < 1.29 is 4.74 Å². The average molecular weight is 238 g/mol. The van der Waals surface area contributed by atoms with Crippen LogP contribution in [-0.2, 0) is 4.74 Å². The molecule has 0 bridgehead atoms. The average Bonchev–Trinajstić information content (AvgIpc) is 2.40. The maximum absolute atomic E-state index is 5.88. The zero-order valence-corrected chi connectivity index (χ0v) is 11.2. The zero-order chi connectivity index (χ0) is 13.1. The molecule has 0 N–H and O–H groups in total. The molecular weight excluding hydrogens is 220 g/mol. The van der Waals surface area contributed by atoms with Gasteiger partial charge in [0.05, 0.1) is 0 Å². The Kier molecular flexibility index (Phi) is 3.52. The largest absolute Gasteiger partial charge is 0.461 e. The maximum atomic E-state index is 5.88. The minimum absolute atomic E-state index is 0.837. The summed E-state index contributed by atoms with van der Waals surface area (Å²) in [6.45, 7) is 9.89. The van der Waals surface area contributed by atoms with Gasteiger partial charge in [0.1, 0.15) is 11.5 Å². The topological polar surface area (TPSA) is 9.23 Å². The predicted octanol–water partition coefficient (Wildman–Crippen LogP) is 3.12. The molecule has 0 unspecified atom stereocenters. The van der Waals surface area contributed by atoms with E-state index in [2.05, 4.69) is 36.9 Å². The van der Waals surface area contributed by atoms with E-state index in [0.717, 1.165) is 22.3 Å². The third-order valence-corrected chi connectivity index (χ3v) is 3.11. The summed E-state index contributed by atoms with van der Waals surface area (Å²) >= 11 is 0. The number of hydrogen-bond acceptors (Lipinski definition) is 1. The van der Waals surface area contributed by atoms with Crippen LogP contribution in [-0.4, -0.2) is 0 Å². The molecule has 0 amide bonds. The normalized spacial score (nSPS) is 15.9. The number of benzene rings is 1. The van der Waals surface area contributed by atoms with Gasteiger partial charge in [-0.25, -0.2) is 0 Å². The Morgan fingerprint density at radius 1 is 1.22 bits per heavy atom. The molecule has 1 nitrogen and oxygen atoms in total. The standard InChI is InChI=1S/C17H18O/c1-5-9-14-12(4)18-16(7-3)17-13(6-2)10-8-11-15(14)17/h5-11H,3H2,1-2,4H3/b9-5-,13-6-.